The standard InChI is InChI=1S/C23H31ClN4O3/c1-14-20(13-18-17-12-16(24)4-5-19(17)27-22(18)29)26-15(2)21(14)23(30)25-6-3-7-28-8-10-31-11-9-28/h4-5,12-15,20-21,26H,3,6-11H2,1-2H3,(H,25,30)(H,27,29)/b18-13-. The van der Waals surface area contributed by atoms with Crippen LogP contribution >= 0.6 is 11.6 Å². The second kappa shape index (κ2) is 9.69. The van der Waals surface area contributed by atoms with Gasteiger partial charge in [0.2, 0.25) is 5.91 Å². The summed E-state index contributed by atoms with van der Waals surface area (Å²) < 4.78 is 5.37. The Morgan fingerprint density at radius 2 is 2.10 bits per heavy atom. The molecular formula is C23H31ClN4O3. The van der Waals surface area contributed by atoms with E-state index < -0.39 is 0 Å². The molecule has 31 heavy (non-hydrogen) atoms. The van der Waals surface area contributed by atoms with E-state index in [0.717, 1.165) is 50.5 Å². The van der Waals surface area contributed by atoms with Crippen LogP contribution in [0.3, 0.4) is 0 Å². The lowest BCUT2D eigenvalue weighted by atomic mass is 9.87. The Labute approximate surface area is 188 Å². The fraction of sp³-hybridized carbons (Fsp3) is 0.565. The van der Waals surface area contributed by atoms with Gasteiger partial charge in [-0.15, -0.1) is 0 Å². The number of ether oxygens (including phenoxy) is 1. The van der Waals surface area contributed by atoms with E-state index in [0.29, 0.717) is 17.1 Å². The fourth-order valence-electron chi connectivity index (χ4n) is 4.87. The molecule has 0 saturated carbocycles. The van der Waals surface area contributed by atoms with Gasteiger partial charge in [0.15, 0.2) is 0 Å². The Balaban J connectivity index is 1.35. The number of hydrogen-bond donors (Lipinski definition) is 3. The summed E-state index contributed by atoms with van der Waals surface area (Å²) in [6.07, 6.45) is 2.88. The lowest BCUT2D eigenvalue weighted by molar-refractivity contribution is -0.126. The maximum atomic E-state index is 12.9. The molecule has 7 nitrogen and oxygen atoms in total. The van der Waals surface area contributed by atoms with Crippen molar-refractivity contribution in [2.75, 3.05) is 44.7 Å². The number of carbonyl (C=O) groups excluding carboxylic acids is 2. The average molecular weight is 447 g/mol. The number of nitrogens with zero attached hydrogens (tertiary/aromatic N) is 1. The summed E-state index contributed by atoms with van der Waals surface area (Å²) in [6, 6.07) is 5.35. The summed E-state index contributed by atoms with van der Waals surface area (Å²) in [6.45, 7) is 9.27. The third kappa shape index (κ3) is 4.95. The number of benzene rings is 1. The Hall–Kier alpha value is -1.93. The molecule has 0 aliphatic carbocycles. The van der Waals surface area contributed by atoms with Crippen LogP contribution in [0.1, 0.15) is 25.8 Å². The summed E-state index contributed by atoms with van der Waals surface area (Å²) in [5, 5.41) is 10.1. The largest absolute Gasteiger partial charge is 0.379 e. The third-order valence-corrected chi connectivity index (χ3v) is 6.83. The summed E-state index contributed by atoms with van der Waals surface area (Å²) in [5.74, 6) is -0.129. The highest BCUT2D eigenvalue weighted by Gasteiger charge is 2.42. The van der Waals surface area contributed by atoms with Gasteiger partial charge in [-0.3, -0.25) is 14.5 Å². The van der Waals surface area contributed by atoms with E-state index in [4.69, 9.17) is 16.3 Å². The van der Waals surface area contributed by atoms with Crippen molar-refractivity contribution in [3.8, 4) is 0 Å². The van der Waals surface area contributed by atoms with Crippen LogP contribution in [0.15, 0.2) is 24.3 Å². The molecule has 0 radical (unpaired) electrons. The first kappa shape index (κ1) is 22.3. The van der Waals surface area contributed by atoms with Gasteiger partial charge in [-0.25, -0.2) is 0 Å². The monoisotopic (exact) mass is 446 g/mol. The lowest BCUT2D eigenvalue weighted by Gasteiger charge is -2.26. The Morgan fingerprint density at radius 1 is 1.32 bits per heavy atom. The number of rotatable bonds is 6. The van der Waals surface area contributed by atoms with Crippen LogP contribution in [0.2, 0.25) is 5.02 Å². The maximum Gasteiger partial charge on any atom is 0.256 e. The highest BCUT2D eigenvalue weighted by atomic mass is 35.5. The van der Waals surface area contributed by atoms with E-state index in [1.54, 1.807) is 6.07 Å². The van der Waals surface area contributed by atoms with Crippen LogP contribution in [0.5, 0.6) is 0 Å². The second-order valence-electron chi connectivity index (χ2n) is 8.69. The van der Waals surface area contributed by atoms with Gasteiger partial charge in [-0.1, -0.05) is 24.6 Å². The molecule has 8 heteroatoms. The normalized spacial score (nSPS) is 29.8. The molecule has 1 aromatic rings. The quantitative estimate of drug-likeness (QED) is 0.460. The number of carbonyl (C=O) groups is 2. The zero-order chi connectivity index (χ0) is 22.0. The minimum atomic E-state index is -0.145. The first-order chi connectivity index (χ1) is 14.9. The van der Waals surface area contributed by atoms with Gasteiger partial charge in [0.25, 0.3) is 5.91 Å². The summed E-state index contributed by atoms with van der Waals surface area (Å²) in [4.78, 5) is 27.8. The van der Waals surface area contributed by atoms with Crippen molar-refractivity contribution in [1.29, 1.82) is 0 Å². The van der Waals surface area contributed by atoms with E-state index in [9.17, 15) is 9.59 Å². The van der Waals surface area contributed by atoms with Crippen LogP contribution in [0.25, 0.3) is 5.57 Å². The van der Waals surface area contributed by atoms with Crippen molar-refractivity contribution in [2.45, 2.75) is 32.4 Å². The minimum absolute atomic E-state index is 0.0272. The van der Waals surface area contributed by atoms with Gasteiger partial charge < -0.3 is 20.7 Å². The smallest absolute Gasteiger partial charge is 0.256 e. The minimum Gasteiger partial charge on any atom is -0.379 e. The van der Waals surface area contributed by atoms with Crippen LogP contribution in [-0.4, -0.2) is 68.2 Å². The van der Waals surface area contributed by atoms with Crippen molar-refractivity contribution in [3.63, 3.8) is 0 Å². The number of nitrogens with one attached hydrogen (secondary N) is 3. The first-order valence-corrected chi connectivity index (χ1v) is 11.5. The summed E-state index contributed by atoms with van der Waals surface area (Å²) in [5.41, 5.74) is 2.20. The SMILES string of the molecule is CC1NC(/C=C2\C(=O)Nc3ccc(Cl)cc32)C(C)C1C(=O)NCCCN1CCOCC1. The molecule has 4 unspecified atom stereocenters. The molecule has 0 bridgehead atoms. The highest BCUT2D eigenvalue weighted by Crippen LogP contribution is 2.36. The number of anilines is 1. The number of morpholine rings is 1. The molecule has 3 heterocycles. The van der Waals surface area contributed by atoms with E-state index in [1.165, 1.54) is 0 Å². The summed E-state index contributed by atoms with van der Waals surface area (Å²) >= 11 is 6.14. The molecule has 4 rings (SSSR count). The lowest BCUT2D eigenvalue weighted by Crippen LogP contribution is -2.41. The molecule has 3 N–H and O–H groups in total. The number of fused-ring (bicyclic) bond motifs is 1. The van der Waals surface area contributed by atoms with Crippen LogP contribution in [0, 0.1) is 11.8 Å². The zero-order valence-electron chi connectivity index (χ0n) is 18.1. The molecule has 0 aromatic heterocycles. The Morgan fingerprint density at radius 3 is 2.87 bits per heavy atom. The molecular weight excluding hydrogens is 416 g/mol. The predicted molar refractivity (Wildman–Crippen MR) is 122 cm³/mol. The molecule has 3 aliphatic heterocycles. The number of amides is 2. The van der Waals surface area contributed by atoms with Crippen molar-refractivity contribution in [3.05, 3.63) is 34.9 Å². The van der Waals surface area contributed by atoms with E-state index in [-0.39, 0.29) is 35.7 Å². The van der Waals surface area contributed by atoms with Gasteiger partial charge in [0.1, 0.15) is 0 Å². The second-order valence-corrected chi connectivity index (χ2v) is 9.13. The van der Waals surface area contributed by atoms with Gasteiger partial charge in [-0.05, 0) is 44.0 Å². The Kier molecular flexibility index (Phi) is 6.96. The average Bonchev–Trinajstić information content (AvgIpc) is 3.21. The van der Waals surface area contributed by atoms with E-state index >= 15 is 0 Å². The topological polar surface area (TPSA) is 82.7 Å². The molecule has 168 valence electrons. The fourth-order valence-corrected chi connectivity index (χ4v) is 5.04. The number of halogens is 1. The zero-order valence-corrected chi connectivity index (χ0v) is 18.9. The third-order valence-electron chi connectivity index (χ3n) is 6.59. The van der Waals surface area contributed by atoms with Crippen molar-refractivity contribution in [2.24, 2.45) is 11.8 Å². The van der Waals surface area contributed by atoms with Crippen LogP contribution in [0.4, 0.5) is 5.69 Å². The highest BCUT2D eigenvalue weighted by molar-refractivity contribution is 6.34. The predicted octanol–water partition coefficient (Wildman–Crippen LogP) is 2.13. The first-order valence-electron chi connectivity index (χ1n) is 11.1. The molecule has 4 atom stereocenters. The number of hydrogen-bond acceptors (Lipinski definition) is 5. The van der Waals surface area contributed by atoms with Gasteiger partial charge in [0.05, 0.1) is 19.1 Å². The molecule has 3 aliphatic rings. The van der Waals surface area contributed by atoms with Crippen molar-refractivity contribution in [1.82, 2.24) is 15.5 Å². The molecule has 2 amide bonds. The molecule has 1 aromatic carbocycles. The molecule has 2 fully saturated rings. The Bertz CT molecular complexity index is 868. The van der Waals surface area contributed by atoms with Gasteiger partial charge >= 0.3 is 0 Å². The molecule has 0 spiro atoms. The van der Waals surface area contributed by atoms with E-state index in [1.807, 2.05) is 25.1 Å². The molecule has 2 saturated heterocycles. The van der Waals surface area contributed by atoms with Gasteiger partial charge in [-0.2, -0.15) is 0 Å². The van der Waals surface area contributed by atoms with E-state index in [2.05, 4.69) is 27.8 Å². The summed E-state index contributed by atoms with van der Waals surface area (Å²) in [7, 11) is 0. The van der Waals surface area contributed by atoms with Crippen LogP contribution in [-0.2, 0) is 14.3 Å². The maximum absolute atomic E-state index is 12.9. The van der Waals surface area contributed by atoms with Gasteiger partial charge in [0, 0.05) is 53.6 Å². The van der Waals surface area contributed by atoms with Crippen LogP contribution < -0.4 is 16.0 Å². The van der Waals surface area contributed by atoms with Crippen molar-refractivity contribution < 1.29 is 14.3 Å². The van der Waals surface area contributed by atoms with Crippen molar-refractivity contribution >= 4 is 34.7 Å².